The number of carbonyl (C=O) groups excluding carboxylic acids is 1. The van der Waals surface area contributed by atoms with E-state index in [1.807, 2.05) is 24.3 Å². The molecule has 2 aromatic carbocycles. The maximum Gasteiger partial charge on any atom is 0.248 e. The minimum absolute atomic E-state index is 0.302. The fourth-order valence-electron chi connectivity index (χ4n) is 3.66. The summed E-state index contributed by atoms with van der Waals surface area (Å²) in [7, 11) is -3.73. The third-order valence-corrected chi connectivity index (χ3v) is 6.65. The molecule has 0 bridgehead atoms. The van der Waals surface area contributed by atoms with Crippen molar-refractivity contribution in [3.8, 4) is 0 Å². The van der Waals surface area contributed by atoms with Gasteiger partial charge in [0.15, 0.2) is 0 Å². The van der Waals surface area contributed by atoms with Crippen LogP contribution in [0.2, 0.25) is 5.02 Å². The topological polar surface area (TPSA) is 79.0 Å². The minimum Gasteiger partial charge on any atom is -0.378 e. The first-order valence-electron chi connectivity index (χ1n) is 10.2. The summed E-state index contributed by atoms with van der Waals surface area (Å²) in [5.74, 6) is -0.397. The fourth-order valence-corrected chi connectivity index (χ4v) is 5.09. The quantitative estimate of drug-likeness (QED) is 0.675. The molecule has 168 valence electrons. The van der Waals surface area contributed by atoms with Crippen LogP contribution in [-0.2, 0) is 19.6 Å². The molecule has 1 saturated heterocycles. The van der Waals surface area contributed by atoms with Crippen molar-refractivity contribution in [3.63, 3.8) is 0 Å². The molecule has 1 aliphatic heterocycles. The predicted molar refractivity (Wildman–Crippen MR) is 126 cm³/mol. The number of benzene rings is 2. The van der Waals surface area contributed by atoms with Crippen molar-refractivity contribution in [2.24, 2.45) is 0 Å². The molecule has 0 unspecified atom stereocenters. The van der Waals surface area contributed by atoms with Crippen molar-refractivity contribution in [3.05, 3.63) is 53.1 Å². The highest BCUT2D eigenvalue weighted by molar-refractivity contribution is 7.92. The second-order valence-corrected chi connectivity index (χ2v) is 9.85. The molecule has 1 N–H and O–H groups in total. The normalized spacial score (nSPS) is 15.4. The molecule has 31 heavy (non-hydrogen) atoms. The molecular weight excluding hydrogens is 438 g/mol. The summed E-state index contributed by atoms with van der Waals surface area (Å²) in [5, 5.41) is 3.26. The fraction of sp³-hybridized carbons (Fsp3) is 0.409. The summed E-state index contributed by atoms with van der Waals surface area (Å²) in [6.45, 7) is 6.61. The third kappa shape index (κ3) is 5.70. The summed E-state index contributed by atoms with van der Waals surface area (Å²) in [6.07, 6.45) is 1.40. The van der Waals surface area contributed by atoms with E-state index in [9.17, 15) is 13.2 Å². The molecule has 1 heterocycles. The highest BCUT2D eigenvalue weighted by Crippen LogP contribution is 2.30. The van der Waals surface area contributed by atoms with Gasteiger partial charge >= 0.3 is 0 Å². The van der Waals surface area contributed by atoms with Crippen molar-refractivity contribution in [2.45, 2.75) is 26.3 Å². The Hall–Kier alpha value is -2.29. The number of halogens is 1. The number of nitrogens with zero attached hydrogens (tertiary/aromatic N) is 2. The molecule has 9 heteroatoms. The van der Waals surface area contributed by atoms with Gasteiger partial charge in [-0.05, 0) is 55.3 Å². The lowest BCUT2D eigenvalue weighted by molar-refractivity contribution is -0.117. The van der Waals surface area contributed by atoms with Crippen molar-refractivity contribution >= 4 is 44.6 Å². The van der Waals surface area contributed by atoms with E-state index in [1.54, 1.807) is 32.0 Å². The van der Waals surface area contributed by atoms with E-state index in [0.29, 0.717) is 36.0 Å². The van der Waals surface area contributed by atoms with Crippen LogP contribution in [0.1, 0.15) is 18.9 Å². The van der Waals surface area contributed by atoms with Crippen LogP contribution in [0, 0.1) is 6.92 Å². The molecule has 0 aliphatic carbocycles. The Labute approximate surface area is 189 Å². The average Bonchev–Trinajstić information content (AvgIpc) is 2.74. The Bertz CT molecular complexity index is 1020. The monoisotopic (exact) mass is 465 g/mol. The summed E-state index contributed by atoms with van der Waals surface area (Å²) in [6, 6.07) is 11.6. The molecule has 2 aromatic rings. The zero-order valence-electron chi connectivity index (χ0n) is 18.0. The lowest BCUT2D eigenvalue weighted by Crippen LogP contribution is -2.47. The largest absolute Gasteiger partial charge is 0.378 e. The van der Waals surface area contributed by atoms with Crippen LogP contribution < -0.4 is 14.5 Å². The van der Waals surface area contributed by atoms with Gasteiger partial charge < -0.3 is 15.0 Å². The number of ether oxygens (including phenoxy) is 1. The number of aryl methyl sites for hydroxylation is 1. The average molecular weight is 466 g/mol. The van der Waals surface area contributed by atoms with E-state index in [4.69, 9.17) is 16.3 Å². The number of rotatable bonds is 7. The first-order chi connectivity index (χ1) is 14.7. The van der Waals surface area contributed by atoms with Gasteiger partial charge in [-0.1, -0.05) is 24.6 Å². The SMILES string of the molecule is CC[C@@H](C(=O)Nc1ccc(N2CCOCC2)cc1)N(c1cc(Cl)ccc1C)S(C)(=O)=O. The number of nitrogens with one attached hydrogen (secondary N) is 1. The zero-order chi connectivity index (χ0) is 22.6. The summed E-state index contributed by atoms with van der Waals surface area (Å²) in [5.41, 5.74) is 2.79. The minimum atomic E-state index is -3.73. The number of amides is 1. The van der Waals surface area contributed by atoms with E-state index in [2.05, 4.69) is 10.2 Å². The number of morpholine rings is 1. The van der Waals surface area contributed by atoms with Crippen molar-refractivity contribution in [1.82, 2.24) is 0 Å². The molecule has 0 radical (unpaired) electrons. The van der Waals surface area contributed by atoms with E-state index in [0.717, 1.165) is 34.9 Å². The molecule has 1 aliphatic rings. The van der Waals surface area contributed by atoms with Gasteiger partial charge in [-0.3, -0.25) is 9.10 Å². The molecule has 0 spiro atoms. The van der Waals surface area contributed by atoms with Crippen LogP contribution >= 0.6 is 11.6 Å². The zero-order valence-corrected chi connectivity index (χ0v) is 19.5. The van der Waals surface area contributed by atoms with Gasteiger partial charge in [0.05, 0.1) is 25.2 Å². The molecule has 0 saturated carbocycles. The van der Waals surface area contributed by atoms with Gasteiger partial charge in [-0.15, -0.1) is 0 Å². The lowest BCUT2D eigenvalue weighted by Gasteiger charge is -2.31. The van der Waals surface area contributed by atoms with Gasteiger partial charge in [0.1, 0.15) is 6.04 Å². The molecule has 0 aromatic heterocycles. The van der Waals surface area contributed by atoms with Gasteiger partial charge in [-0.25, -0.2) is 8.42 Å². The Morgan fingerprint density at radius 1 is 1.19 bits per heavy atom. The van der Waals surface area contributed by atoms with Crippen LogP contribution in [0.3, 0.4) is 0 Å². The summed E-state index contributed by atoms with van der Waals surface area (Å²) in [4.78, 5) is 15.3. The number of anilines is 3. The molecule has 1 amide bonds. The predicted octanol–water partition coefficient (Wildman–Crippen LogP) is 3.67. The van der Waals surface area contributed by atoms with Crippen molar-refractivity contribution in [1.29, 1.82) is 0 Å². The summed E-state index contributed by atoms with van der Waals surface area (Å²) >= 11 is 6.11. The molecule has 1 atom stereocenters. The standard InChI is InChI=1S/C22H28ClN3O4S/c1-4-20(26(31(3,28)29)21-15-17(23)6-5-16(21)2)22(27)24-18-7-9-19(10-8-18)25-11-13-30-14-12-25/h5-10,15,20H,4,11-14H2,1-3H3,(H,24,27)/t20-/m0/s1. The van der Waals surface area contributed by atoms with Crippen LogP contribution in [-0.4, -0.2) is 52.9 Å². The third-order valence-electron chi connectivity index (χ3n) is 5.25. The van der Waals surface area contributed by atoms with Gasteiger partial charge in [0.25, 0.3) is 0 Å². The second kappa shape index (κ2) is 9.89. The Morgan fingerprint density at radius 3 is 2.42 bits per heavy atom. The maximum atomic E-state index is 13.1. The number of hydrogen-bond acceptors (Lipinski definition) is 5. The van der Waals surface area contributed by atoms with Crippen LogP contribution in [0.5, 0.6) is 0 Å². The van der Waals surface area contributed by atoms with Gasteiger partial charge in [0, 0.05) is 29.5 Å². The van der Waals surface area contributed by atoms with E-state index in [-0.39, 0.29) is 0 Å². The Morgan fingerprint density at radius 2 is 1.84 bits per heavy atom. The van der Waals surface area contributed by atoms with Crippen LogP contribution in [0.4, 0.5) is 17.1 Å². The highest BCUT2D eigenvalue weighted by Gasteiger charge is 2.32. The smallest absolute Gasteiger partial charge is 0.248 e. The van der Waals surface area contributed by atoms with E-state index < -0.39 is 22.0 Å². The molecular formula is C22H28ClN3O4S. The van der Waals surface area contributed by atoms with Crippen LogP contribution in [0.25, 0.3) is 0 Å². The number of hydrogen-bond donors (Lipinski definition) is 1. The second-order valence-electron chi connectivity index (χ2n) is 7.55. The molecule has 3 rings (SSSR count). The number of sulfonamides is 1. The lowest BCUT2D eigenvalue weighted by atomic mass is 10.1. The first kappa shape index (κ1) is 23.4. The van der Waals surface area contributed by atoms with Gasteiger partial charge in [-0.2, -0.15) is 0 Å². The molecule has 1 fully saturated rings. The Balaban J connectivity index is 1.82. The maximum absolute atomic E-state index is 13.1. The van der Waals surface area contributed by atoms with Crippen molar-refractivity contribution in [2.75, 3.05) is 47.1 Å². The number of carbonyl (C=O) groups is 1. The Kier molecular flexibility index (Phi) is 7.46. The summed E-state index contributed by atoms with van der Waals surface area (Å²) < 4.78 is 31.9. The van der Waals surface area contributed by atoms with E-state index >= 15 is 0 Å². The highest BCUT2D eigenvalue weighted by atomic mass is 35.5. The van der Waals surface area contributed by atoms with E-state index in [1.165, 1.54) is 0 Å². The van der Waals surface area contributed by atoms with Gasteiger partial charge in [0.2, 0.25) is 15.9 Å². The molecule has 7 nitrogen and oxygen atoms in total. The van der Waals surface area contributed by atoms with Crippen molar-refractivity contribution < 1.29 is 17.9 Å². The van der Waals surface area contributed by atoms with Crippen LogP contribution in [0.15, 0.2) is 42.5 Å². The first-order valence-corrected chi connectivity index (χ1v) is 12.4.